The molecular formula is C12H20N4O2S. The highest BCUT2D eigenvalue weighted by Gasteiger charge is 2.35. The Balaban J connectivity index is 1.77. The minimum atomic E-state index is -3.45. The number of aromatic nitrogens is 2. The summed E-state index contributed by atoms with van der Waals surface area (Å²) in [5, 5.41) is 7.51. The van der Waals surface area contributed by atoms with Gasteiger partial charge in [-0.2, -0.15) is 5.10 Å². The molecule has 2 aliphatic heterocycles. The highest BCUT2D eigenvalue weighted by Crippen LogP contribution is 2.27. The summed E-state index contributed by atoms with van der Waals surface area (Å²) in [6.07, 6.45) is 5.51. The number of rotatable bonds is 3. The zero-order chi connectivity index (χ0) is 13.6. The van der Waals surface area contributed by atoms with Gasteiger partial charge in [0, 0.05) is 25.2 Å². The summed E-state index contributed by atoms with van der Waals surface area (Å²) in [6, 6.07) is 0.992. The maximum absolute atomic E-state index is 12.4. The van der Waals surface area contributed by atoms with Gasteiger partial charge in [-0.3, -0.25) is 4.68 Å². The standard InChI is InChI=1S/C12H20N4O2S/c1-8-12(7-13-16(8)2)19(17,18)15-11-5-9-3-4-10(6-11)14-9/h7,9-11,14-15H,3-6H2,1-2H3. The lowest BCUT2D eigenvalue weighted by atomic mass is 10.0. The number of hydrogen-bond donors (Lipinski definition) is 2. The average Bonchev–Trinajstić information content (AvgIpc) is 2.83. The van der Waals surface area contributed by atoms with Crippen LogP contribution in [0.4, 0.5) is 0 Å². The van der Waals surface area contributed by atoms with Gasteiger partial charge in [-0.05, 0) is 32.6 Å². The Bertz CT molecular complexity index is 569. The molecule has 19 heavy (non-hydrogen) atoms. The molecular weight excluding hydrogens is 264 g/mol. The first-order valence-electron chi connectivity index (χ1n) is 6.72. The fourth-order valence-corrected chi connectivity index (χ4v) is 4.64. The van der Waals surface area contributed by atoms with E-state index < -0.39 is 10.0 Å². The number of piperidine rings is 1. The molecule has 2 bridgehead atoms. The van der Waals surface area contributed by atoms with Crippen LogP contribution in [0.5, 0.6) is 0 Å². The number of nitrogens with zero attached hydrogens (tertiary/aromatic N) is 2. The van der Waals surface area contributed by atoms with E-state index in [0.29, 0.717) is 22.7 Å². The Morgan fingerprint density at radius 1 is 1.37 bits per heavy atom. The van der Waals surface area contributed by atoms with Crippen molar-refractivity contribution in [2.45, 2.75) is 55.6 Å². The molecule has 2 atom stereocenters. The molecule has 0 saturated carbocycles. The summed E-state index contributed by atoms with van der Waals surface area (Å²) in [4.78, 5) is 0.292. The van der Waals surface area contributed by atoms with E-state index in [0.717, 1.165) is 25.7 Å². The van der Waals surface area contributed by atoms with Crippen LogP contribution in [0.15, 0.2) is 11.1 Å². The lowest BCUT2D eigenvalue weighted by molar-refractivity contribution is 0.345. The lowest BCUT2D eigenvalue weighted by Gasteiger charge is -2.29. The molecule has 0 radical (unpaired) electrons. The molecule has 0 amide bonds. The molecule has 2 fully saturated rings. The fourth-order valence-electron chi connectivity index (χ4n) is 3.18. The average molecular weight is 284 g/mol. The van der Waals surface area contributed by atoms with Gasteiger partial charge in [0.15, 0.2) is 0 Å². The van der Waals surface area contributed by atoms with Gasteiger partial charge in [-0.1, -0.05) is 0 Å². The van der Waals surface area contributed by atoms with E-state index in [4.69, 9.17) is 0 Å². The predicted octanol–water partition coefficient (Wildman–Crippen LogP) is 0.290. The van der Waals surface area contributed by atoms with Crippen LogP contribution in [0.2, 0.25) is 0 Å². The van der Waals surface area contributed by atoms with Gasteiger partial charge in [0.1, 0.15) is 4.90 Å². The third-order valence-corrected chi connectivity index (χ3v) is 5.90. The van der Waals surface area contributed by atoms with Crippen molar-refractivity contribution in [1.29, 1.82) is 0 Å². The predicted molar refractivity (Wildman–Crippen MR) is 71.2 cm³/mol. The maximum Gasteiger partial charge on any atom is 0.244 e. The zero-order valence-electron chi connectivity index (χ0n) is 11.3. The molecule has 1 aromatic rings. The third-order valence-electron chi connectivity index (χ3n) is 4.27. The van der Waals surface area contributed by atoms with Crippen LogP contribution in [0, 0.1) is 6.92 Å². The highest BCUT2D eigenvalue weighted by atomic mass is 32.2. The van der Waals surface area contributed by atoms with E-state index in [1.165, 1.54) is 6.20 Å². The van der Waals surface area contributed by atoms with E-state index in [2.05, 4.69) is 15.1 Å². The SMILES string of the molecule is Cc1c(S(=O)(=O)NC2CC3CCC(C2)N3)cnn1C. The van der Waals surface area contributed by atoms with Crippen molar-refractivity contribution in [1.82, 2.24) is 19.8 Å². The summed E-state index contributed by atoms with van der Waals surface area (Å²) in [5.74, 6) is 0. The van der Waals surface area contributed by atoms with Crippen molar-refractivity contribution < 1.29 is 8.42 Å². The summed E-state index contributed by atoms with van der Waals surface area (Å²) in [6.45, 7) is 1.77. The molecule has 0 aliphatic carbocycles. The van der Waals surface area contributed by atoms with Crippen molar-refractivity contribution in [3.63, 3.8) is 0 Å². The molecule has 2 saturated heterocycles. The number of nitrogens with one attached hydrogen (secondary N) is 2. The molecule has 3 heterocycles. The van der Waals surface area contributed by atoms with Crippen LogP contribution < -0.4 is 10.0 Å². The Morgan fingerprint density at radius 2 is 2.00 bits per heavy atom. The van der Waals surface area contributed by atoms with E-state index in [9.17, 15) is 8.42 Å². The molecule has 2 N–H and O–H groups in total. The fraction of sp³-hybridized carbons (Fsp3) is 0.750. The van der Waals surface area contributed by atoms with Crippen LogP contribution in [0.1, 0.15) is 31.4 Å². The van der Waals surface area contributed by atoms with Crippen molar-refractivity contribution in [3.05, 3.63) is 11.9 Å². The molecule has 106 valence electrons. The first kappa shape index (κ1) is 13.1. The molecule has 7 heteroatoms. The number of sulfonamides is 1. The number of aryl methyl sites for hydroxylation is 1. The summed E-state index contributed by atoms with van der Waals surface area (Å²) >= 11 is 0. The second kappa shape index (κ2) is 4.57. The monoisotopic (exact) mass is 284 g/mol. The lowest BCUT2D eigenvalue weighted by Crippen LogP contribution is -2.47. The molecule has 0 aromatic carbocycles. The highest BCUT2D eigenvalue weighted by molar-refractivity contribution is 7.89. The first-order chi connectivity index (χ1) is 8.95. The van der Waals surface area contributed by atoms with E-state index >= 15 is 0 Å². The second-order valence-corrected chi connectivity index (χ2v) is 7.33. The molecule has 2 unspecified atom stereocenters. The molecule has 3 rings (SSSR count). The van der Waals surface area contributed by atoms with Gasteiger partial charge >= 0.3 is 0 Å². The Morgan fingerprint density at radius 3 is 2.53 bits per heavy atom. The van der Waals surface area contributed by atoms with Crippen LogP contribution >= 0.6 is 0 Å². The van der Waals surface area contributed by atoms with Gasteiger partial charge in [-0.15, -0.1) is 0 Å². The summed E-state index contributed by atoms with van der Waals surface area (Å²) in [7, 11) is -1.70. The van der Waals surface area contributed by atoms with Crippen LogP contribution in [-0.2, 0) is 17.1 Å². The van der Waals surface area contributed by atoms with E-state index in [1.807, 2.05) is 0 Å². The number of fused-ring (bicyclic) bond motifs is 2. The zero-order valence-corrected chi connectivity index (χ0v) is 12.1. The summed E-state index contributed by atoms with van der Waals surface area (Å²) < 4.78 is 29.2. The van der Waals surface area contributed by atoms with Crippen molar-refractivity contribution in [2.75, 3.05) is 0 Å². The van der Waals surface area contributed by atoms with E-state index in [-0.39, 0.29) is 6.04 Å². The minimum absolute atomic E-state index is 0.0448. The van der Waals surface area contributed by atoms with Gasteiger partial charge in [0.25, 0.3) is 0 Å². The smallest absolute Gasteiger partial charge is 0.244 e. The largest absolute Gasteiger partial charge is 0.311 e. The molecule has 1 aromatic heterocycles. The van der Waals surface area contributed by atoms with Gasteiger partial charge in [0.05, 0.1) is 11.9 Å². The Hall–Kier alpha value is -0.920. The number of hydrogen-bond acceptors (Lipinski definition) is 4. The molecule has 2 aliphatic rings. The topological polar surface area (TPSA) is 76.0 Å². The normalized spacial score (nSPS) is 30.7. The third kappa shape index (κ3) is 2.42. The summed E-state index contributed by atoms with van der Waals surface area (Å²) in [5.41, 5.74) is 0.671. The van der Waals surface area contributed by atoms with Gasteiger partial charge < -0.3 is 5.32 Å². The van der Waals surface area contributed by atoms with Crippen LogP contribution in [-0.4, -0.2) is 36.3 Å². The van der Waals surface area contributed by atoms with Crippen molar-refractivity contribution >= 4 is 10.0 Å². The Kier molecular flexibility index (Phi) is 3.15. The Labute approximate surface area is 113 Å². The van der Waals surface area contributed by atoms with Gasteiger partial charge in [0.2, 0.25) is 10.0 Å². The van der Waals surface area contributed by atoms with Crippen LogP contribution in [0.25, 0.3) is 0 Å². The molecule has 6 nitrogen and oxygen atoms in total. The van der Waals surface area contributed by atoms with Crippen molar-refractivity contribution in [3.8, 4) is 0 Å². The van der Waals surface area contributed by atoms with E-state index in [1.54, 1.807) is 18.7 Å². The van der Waals surface area contributed by atoms with Crippen LogP contribution in [0.3, 0.4) is 0 Å². The maximum atomic E-state index is 12.4. The second-order valence-electron chi connectivity index (χ2n) is 5.65. The molecule has 0 spiro atoms. The quantitative estimate of drug-likeness (QED) is 0.836. The minimum Gasteiger partial charge on any atom is -0.311 e. The van der Waals surface area contributed by atoms with Crippen molar-refractivity contribution in [2.24, 2.45) is 7.05 Å². The van der Waals surface area contributed by atoms with Gasteiger partial charge in [-0.25, -0.2) is 13.1 Å². The first-order valence-corrected chi connectivity index (χ1v) is 8.21.